The SMILES string of the molecule is C=CCCCCC=CCCOC(C)=O. The second-order valence-electron chi connectivity index (χ2n) is 3.17. The van der Waals surface area contributed by atoms with Gasteiger partial charge in [-0.2, -0.15) is 0 Å². The van der Waals surface area contributed by atoms with Crippen LogP contribution in [-0.2, 0) is 9.53 Å². The fourth-order valence-electron chi connectivity index (χ4n) is 1.06. The number of esters is 1. The van der Waals surface area contributed by atoms with E-state index in [1.165, 1.54) is 19.8 Å². The van der Waals surface area contributed by atoms with Crippen molar-refractivity contribution in [2.75, 3.05) is 6.61 Å². The summed E-state index contributed by atoms with van der Waals surface area (Å²) in [6.07, 6.45) is 11.6. The van der Waals surface area contributed by atoms with E-state index in [1.807, 2.05) is 6.08 Å². The van der Waals surface area contributed by atoms with Gasteiger partial charge in [0.25, 0.3) is 0 Å². The van der Waals surface area contributed by atoms with Crippen LogP contribution in [0.1, 0.15) is 39.0 Å². The number of rotatable bonds is 8. The van der Waals surface area contributed by atoms with Crippen molar-refractivity contribution in [3.8, 4) is 0 Å². The molecular formula is C12H20O2. The highest BCUT2D eigenvalue weighted by Crippen LogP contribution is 2.01. The lowest BCUT2D eigenvalue weighted by atomic mass is 10.2. The largest absolute Gasteiger partial charge is 0.466 e. The highest BCUT2D eigenvalue weighted by molar-refractivity contribution is 5.65. The van der Waals surface area contributed by atoms with E-state index in [1.54, 1.807) is 0 Å². The summed E-state index contributed by atoms with van der Waals surface area (Å²) in [6, 6.07) is 0. The molecule has 0 N–H and O–H groups in total. The zero-order chi connectivity index (χ0) is 10.6. The third-order valence-corrected chi connectivity index (χ3v) is 1.79. The van der Waals surface area contributed by atoms with Gasteiger partial charge in [-0.15, -0.1) is 6.58 Å². The van der Waals surface area contributed by atoms with Gasteiger partial charge in [0.05, 0.1) is 6.61 Å². The second kappa shape index (κ2) is 10.0. The molecule has 0 heterocycles. The number of ether oxygens (including phenoxy) is 1. The molecule has 0 unspecified atom stereocenters. The van der Waals surface area contributed by atoms with E-state index >= 15 is 0 Å². The van der Waals surface area contributed by atoms with Crippen molar-refractivity contribution in [2.45, 2.75) is 39.0 Å². The zero-order valence-corrected chi connectivity index (χ0v) is 9.00. The summed E-state index contributed by atoms with van der Waals surface area (Å²) in [5.74, 6) is -0.204. The number of hydrogen-bond acceptors (Lipinski definition) is 2. The standard InChI is InChI=1S/C12H20O2/c1-3-4-5-6-7-8-9-10-11-14-12(2)13/h3,8-9H,1,4-7,10-11H2,2H3. The molecule has 0 radical (unpaired) electrons. The Balaban J connectivity index is 3.11. The highest BCUT2D eigenvalue weighted by atomic mass is 16.5. The average Bonchev–Trinajstić information content (AvgIpc) is 2.15. The molecular weight excluding hydrogens is 176 g/mol. The molecule has 2 nitrogen and oxygen atoms in total. The molecule has 0 bridgehead atoms. The Kier molecular flexibility index (Phi) is 9.28. The Labute approximate surface area is 86.6 Å². The van der Waals surface area contributed by atoms with E-state index in [0.29, 0.717) is 6.61 Å². The summed E-state index contributed by atoms with van der Waals surface area (Å²) in [7, 11) is 0. The number of carbonyl (C=O) groups excluding carboxylic acids is 1. The van der Waals surface area contributed by atoms with E-state index in [4.69, 9.17) is 4.74 Å². The Hall–Kier alpha value is -1.05. The highest BCUT2D eigenvalue weighted by Gasteiger charge is 1.88. The van der Waals surface area contributed by atoms with Gasteiger partial charge in [-0.25, -0.2) is 0 Å². The second-order valence-corrected chi connectivity index (χ2v) is 3.17. The molecule has 0 aliphatic heterocycles. The van der Waals surface area contributed by atoms with E-state index in [2.05, 4.69) is 18.7 Å². The number of carbonyl (C=O) groups is 1. The summed E-state index contributed by atoms with van der Waals surface area (Å²) in [6.45, 7) is 5.60. The Bertz CT molecular complexity index is 183. The summed E-state index contributed by atoms with van der Waals surface area (Å²) in [5, 5.41) is 0. The summed E-state index contributed by atoms with van der Waals surface area (Å²) >= 11 is 0. The molecule has 0 aliphatic rings. The topological polar surface area (TPSA) is 26.3 Å². The smallest absolute Gasteiger partial charge is 0.302 e. The van der Waals surface area contributed by atoms with Crippen molar-refractivity contribution in [2.24, 2.45) is 0 Å². The van der Waals surface area contributed by atoms with E-state index < -0.39 is 0 Å². The molecule has 0 rings (SSSR count). The maximum absolute atomic E-state index is 10.4. The van der Waals surface area contributed by atoms with Gasteiger partial charge in [0.15, 0.2) is 0 Å². The fraction of sp³-hybridized carbons (Fsp3) is 0.583. The van der Waals surface area contributed by atoms with Crippen molar-refractivity contribution >= 4 is 5.97 Å². The van der Waals surface area contributed by atoms with Gasteiger partial charge >= 0.3 is 5.97 Å². The van der Waals surface area contributed by atoms with Crippen LogP contribution in [0.4, 0.5) is 0 Å². The first kappa shape index (κ1) is 12.9. The van der Waals surface area contributed by atoms with Crippen LogP contribution >= 0.6 is 0 Å². The Morgan fingerprint density at radius 2 is 1.86 bits per heavy atom. The van der Waals surface area contributed by atoms with Gasteiger partial charge in [-0.3, -0.25) is 4.79 Å². The van der Waals surface area contributed by atoms with Crippen molar-refractivity contribution in [1.29, 1.82) is 0 Å². The number of allylic oxidation sites excluding steroid dienone is 2. The first-order chi connectivity index (χ1) is 6.77. The lowest BCUT2D eigenvalue weighted by molar-refractivity contribution is -0.140. The maximum atomic E-state index is 10.4. The monoisotopic (exact) mass is 196 g/mol. The molecule has 80 valence electrons. The van der Waals surface area contributed by atoms with Crippen molar-refractivity contribution in [1.82, 2.24) is 0 Å². The molecule has 0 aromatic heterocycles. The maximum Gasteiger partial charge on any atom is 0.302 e. The normalized spacial score (nSPS) is 10.4. The molecule has 0 amide bonds. The van der Waals surface area contributed by atoms with Crippen LogP contribution in [0.15, 0.2) is 24.8 Å². The first-order valence-corrected chi connectivity index (χ1v) is 5.16. The zero-order valence-electron chi connectivity index (χ0n) is 9.00. The third-order valence-electron chi connectivity index (χ3n) is 1.79. The fourth-order valence-corrected chi connectivity index (χ4v) is 1.06. The van der Waals surface area contributed by atoms with Crippen LogP contribution < -0.4 is 0 Å². The molecule has 0 spiro atoms. The summed E-state index contributed by atoms with van der Waals surface area (Å²) in [5.41, 5.74) is 0. The van der Waals surface area contributed by atoms with E-state index in [0.717, 1.165) is 19.3 Å². The van der Waals surface area contributed by atoms with Gasteiger partial charge < -0.3 is 4.74 Å². The molecule has 0 aromatic carbocycles. The number of hydrogen-bond donors (Lipinski definition) is 0. The average molecular weight is 196 g/mol. The minimum atomic E-state index is -0.204. The van der Waals surface area contributed by atoms with Crippen molar-refractivity contribution in [3.05, 3.63) is 24.8 Å². The first-order valence-electron chi connectivity index (χ1n) is 5.16. The molecule has 0 saturated carbocycles. The van der Waals surface area contributed by atoms with Crippen LogP contribution in [0.3, 0.4) is 0 Å². The van der Waals surface area contributed by atoms with Crippen LogP contribution in [0.5, 0.6) is 0 Å². The predicted octanol–water partition coefficient (Wildman–Crippen LogP) is 3.24. The van der Waals surface area contributed by atoms with E-state index in [9.17, 15) is 4.79 Å². The van der Waals surface area contributed by atoms with Crippen LogP contribution in [0.2, 0.25) is 0 Å². The predicted molar refractivity (Wildman–Crippen MR) is 59.1 cm³/mol. The molecule has 0 atom stereocenters. The van der Waals surface area contributed by atoms with Gasteiger partial charge in [-0.05, 0) is 32.1 Å². The van der Waals surface area contributed by atoms with Crippen LogP contribution in [-0.4, -0.2) is 12.6 Å². The Morgan fingerprint density at radius 3 is 2.50 bits per heavy atom. The van der Waals surface area contributed by atoms with Gasteiger partial charge in [0.2, 0.25) is 0 Å². The van der Waals surface area contributed by atoms with Crippen LogP contribution in [0, 0.1) is 0 Å². The number of unbranched alkanes of at least 4 members (excludes halogenated alkanes) is 3. The summed E-state index contributed by atoms with van der Waals surface area (Å²) in [4.78, 5) is 10.4. The molecule has 0 aliphatic carbocycles. The van der Waals surface area contributed by atoms with E-state index in [-0.39, 0.29) is 5.97 Å². The molecule has 2 heteroatoms. The molecule has 0 fully saturated rings. The van der Waals surface area contributed by atoms with Crippen molar-refractivity contribution < 1.29 is 9.53 Å². The lowest BCUT2D eigenvalue weighted by Gasteiger charge is -1.96. The third kappa shape index (κ3) is 11.0. The van der Waals surface area contributed by atoms with Gasteiger partial charge in [0, 0.05) is 6.92 Å². The summed E-state index contributed by atoms with van der Waals surface area (Å²) < 4.78 is 4.78. The molecule has 0 saturated heterocycles. The van der Waals surface area contributed by atoms with Crippen molar-refractivity contribution in [3.63, 3.8) is 0 Å². The minimum Gasteiger partial charge on any atom is -0.466 e. The molecule has 14 heavy (non-hydrogen) atoms. The molecule has 0 aromatic rings. The van der Waals surface area contributed by atoms with Gasteiger partial charge in [0.1, 0.15) is 0 Å². The lowest BCUT2D eigenvalue weighted by Crippen LogP contribution is -1.98. The quantitative estimate of drug-likeness (QED) is 0.338. The minimum absolute atomic E-state index is 0.204. The Morgan fingerprint density at radius 1 is 1.21 bits per heavy atom. The van der Waals surface area contributed by atoms with Crippen LogP contribution in [0.25, 0.3) is 0 Å². The van der Waals surface area contributed by atoms with Gasteiger partial charge in [-0.1, -0.05) is 18.2 Å².